The molecule has 1 aromatic carbocycles. The third-order valence-electron chi connectivity index (χ3n) is 5.30. The van der Waals surface area contributed by atoms with Gasteiger partial charge in [-0.2, -0.15) is 0 Å². The van der Waals surface area contributed by atoms with Crippen molar-refractivity contribution >= 4 is 11.6 Å². The van der Waals surface area contributed by atoms with Gasteiger partial charge in [-0.1, -0.05) is 18.2 Å². The van der Waals surface area contributed by atoms with Crippen LogP contribution in [0.5, 0.6) is 0 Å². The number of anilines is 1. The molecule has 2 heterocycles. The number of nitrogens with zero attached hydrogens (tertiary/aromatic N) is 3. The molecule has 0 atom stereocenters. The van der Waals surface area contributed by atoms with Crippen molar-refractivity contribution in [3.8, 4) is 0 Å². The minimum atomic E-state index is 0.699. The highest BCUT2D eigenvalue weighted by molar-refractivity contribution is 5.97. The summed E-state index contributed by atoms with van der Waals surface area (Å²) in [6.07, 6.45) is 3.59. The van der Waals surface area contributed by atoms with E-state index in [-0.39, 0.29) is 0 Å². The van der Waals surface area contributed by atoms with Gasteiger partial charge in [0.1, 0.15) is 0 Å². The van der Waals surface area contributed by atoms with Gasteiger partial charge in [-0.15, -0.1) is 0 Å². The minimum absolute atomic E-state index is 0.699. The van der Waals surface area contributed by atoms with E-state index in [1.54, 1.807) is 7.11 Å². The molecule has 3 rings (SSSR count). The number of methoxy groups -OCH3 is 1. The Labute approximate surface area is 152 Å². The molecular weight excluding hydrogens is 312 g/mol. The number of fused-ring (bicyclic) bond motifs is 1. The van der Waals surface area contributed by atoms with E-state index in [1.165, 1.54) is 37.2 Å². The Balaban J connectivity index is 1.57. The number of ether oxygens (including phenoxy) is 1. The molecule has 0 aliphatic carbocycles. The van der Waals surface area contributed by atoms with E-state index in [2.05, 4.69) is 46.3 Å². The molecule has 2 aliphatic rings. The molecule has 25 heavy (non-hydrogen) atoms. The first-order valence-electron chi connectivity index (χ1n) is 9.67. The molecule has 0 saturated carbocycles. The molecule has 0 spiro atoms. The van der Waals surface area contributed by atoms with Crippen LogP contribution in [0.4, 0.5) is 5.69 Å². The van der Waals surface area contributed by atoms with Crippen LogP contribution < -0.4 is 10.2 Å². The van der Waals surface area contributed by atoms with Crippen LogP contribution >= 0.6 is 0 Å². The van der Waals surface area contributed by atoms with Gasteiger partial charge in [0.15, 0.2) is 5.96 Å². The van der Waals surface area contributed by atoms with Crippen molar-refractivity contribution in [2.45, 2.75) is 26.2 Å². The van der Waals surface area contributed by atoms with E-state index in [1.807, 2.05) is 0 Å². The number of benzene rings is 1. The minimum Gasteiger partial charge on any atom is -0.383 e. The van der Waals surface area contributed by atoms with Crippen LogP contribution in [0.25, 0.3) is 0 Å². The second-order valence-electron chi connectivity index (χ2n) is 7.00. The SMILES string of the molecule is CCNC(=NCC1CCN(CCOC)CC1)N1CCc2ccccc21. The lowest BCUT2D eigenvalue weighted by Gasteiger charge is -2.31. The van der Waals surface area contributed by atoms with Gasteiger partial charge in [0.2, 0.25) is 0 Å². The number of nitrogens with one attached hydrogen (secondary N) is 1. The van der Waals surface area contributed by atoms with Crippen LogP contribution in [0.2, 0.25) is 0 Å². The summed E-state index contributed by atoms with van der Waals surface area (Å²) in [7, 11) is 1.78. The Morgan fingerprint density at radius 2 is 2.04 bits per heavy atom. The van der Waals surface area contributed by atoms with E-state index in [9.17, 15) is 0 Å². The van der Waals surface area contributed by atoms with Gasteiger partial charge >= 0.3 is 0 Å². The number of likely N-dealkylation sites (tertiary alicyclic amines) is 1. The number of guanidine groups is 1. The van der Waals surface area contributed by atoms with Crippen LogP contribution in [0.15, 0.2) is 29.3 Å². The van der Waals surface area contributed by atoms with Crippen LogP contribution in [0.1, 0.15) is 25.3 Å². The number of rotatable bonds is 6. The Hall–Kier alpha value is -1.59. The van der Waals surface area contributed by atoms with Gasteiger partial charge in [-0.05, 0) is 56.8 Å². The van der Waals surface area contributed by atoms with Crippen molar-refractivity contribution in [1.29, 1.82) is 0 Å². The lowest BCUT2D eigenvalue weighted by Crippen LogP contribution is -2.41. The highest BCUT2D eigenvalue weighted by atomic mass is 16.5. The number of aliphatic imine (C=N–C) groups is 1. The summed E-state index contributed by atoms with van der Waals surface area (Å²) in [5.74, 6) is 1.75. The third-order valence-corrected chi connectivity index (χ3v) is 5.30. The molecule has 5 heteroatoms. The molecule has 2 aliphatic heterocycles. The van der Waals surface area contributed by atoms with Crippen molar-refractivity contribution in [3.05, 3.63) is 29.8 Å². The van der Waals surface area contributed by atoms with Gasteiger partial charge in [0.25, 0.3) is 0 Å². The zero-order valence-corrected chi connectivity index (χ0v) is 15.7. The number of hydrogen-bond donors (Lipinski definition) is 1. The maximum Gasteiger partial charge on any atom is 0.198 e. The second kappa shape index (κ2) is 9.20. The lowest BCUT2D eigenvalue weighted by molar-refractivity contribution is 0.121. The predicted molar refractivity (Wildman–Crippen MR) is 105 cm³/mol. The smallest absolute Gasteiger partial charge is 0.198 e. The molecule has 1 aromatic rings. The normalized spacial score (nSPS) is 19.3. The van der Waals surface area contributed by atoms with E-state index in [0.717, 1.165) is 45.2 Å². The fraction of sp³-hybridized carbons (Fsp3) is 0.650. The first kappa shape index (κ1) is 18.2. The van der Waals surface area contributed by atoms with Gasteiger partial charge < -0.3 is 19.9 Å². The van der Waals surface area contributed by atoms with Crippen LogP contribution in [0, 0.1) is 5.92 Å². The summed E-state index contributed by atoms with van der Waals surface area (Å²) >= 11 is 0. The summed E-state index contributed by atoms with van der Waals surface area (Å²) in [4.78, 5) is 9.85. The molecule has 1 N–H and O–H groups in total. The Bertz CT molecular complexity index is 567. The van der Waals surface area contributed by atoms with Crippen molar-refractivity contribution in [3.63, 3.8) is 0 Å². The molecule has 0 unspecified atom stereocenters. The van der Waals surface area contributed by atoms with Crippen molar-refractivity contribution in [1.82, 2.24) is 10.2 Å². The Morgan fingerprint density at radius 1 is 1.24 bits per heavy atom. The predicted octanol–water partition coefficient (Wildman–Crippen LogP) is 2.37. The van der Waals surface area contributed by atoms with Gasteiger partial charge in [-0.3, -0.25) is 4.99 Å². The summed E-state index contributed by atoms with van der Waals surface area (Å²) in [6.45, 7) is 9.25. The molecule has 0 aromatic heterocycles. The fourth-order valence-electron chi connectivity index (χ4n) is 3.78. The molecule has 1 fully saturated rings. The summed E-state index contributed by atoms with van der Waals surface area (Å²) < 4.78 is 5.19. The van der Waals surface area contributed by atoms with E-state index in [4.69, 9.17) is 9.73 Å². The molecule has 0 amide bonds. The lowest BCUT2D eigenvalue weighted by atomic mass is 9.97. The molecule has 0 radical (unpaired) electrons. The van der Waals surface area contributed by atoms with Crippen LogP contribution in [-0.2, 0) is 11.2 Å². The Morgan fingerprint density at radius 3 is 2.80 bits per heavy atom. The zero-order valence-electron chi connectivity index (χ0n) is 15.7. The summed E-state index contributed by atoms with van der Waals surface area (Å²) in [5, 5.41) is 3.49. The highest BCUT2D eigenvalue weighted by Gasteiger charge is 2.23. The van der Waals surface area contributed by atoms with Crippen LogP contribution in [-0.4, -0.2) is 63.8 Å². The molecule has 138 valence electrons. The largest absolute Gasteiger partial charge is 0.383 e. The van der Waals surface area contributed by atoms with Crippen molar-refractivity contribution in [2.24, 2.45) is 10.9 Å². The monoisotopic (exact) mass is 344 g/mol. The zero-order chi connectivity index (χ0) is 17.5. The van der Waals surface area contributed by atoms with Crippen LogP contribution in [0.3, 0.4) is 0 Å². The summed E-state index contributed by atoms with van der Waals surface area (Å²) in [6, 6.07) is 8.69. The van der Waals surface area contributed by atoms with Crippen molar-refractivity contribution in [2.75, 3.05) is 57.9 Å². The van der Waals surface area contributed by atoms with Gasteiger partial charge in [0.05, 0.1) is 6.61 Å². The van der Waals surface area contributed by atoms with Crippen molar-refractivity contribution < 1.29 is 4.74 Å². The topological polar surface area (TPSA) is 40.1 Å². The first-order chi connectivity index (χ1) is 12.3. The first-order valence-corrected chi connectivity index (χ1v) is 9.67. The number of hydrogen-bond acceptors (Lipinski definition) is 3. The fourth-order valence-corrected chi connectivity index (χ4v) is 3.78. The molecular formula is C20H32N4O. The van der Waals surface area contributed by atoms with Gasteiger partial charge in [-0.25, -0.2) is 0 Å². The quantitative estimate of drug-likeness (QED) is 0.635. The second-order valence-corrected chi connectivity index (χ2v) is 7.00. The highest BCUT2D eigenvalue weighted by Crippen LogP contribution is 2.27. The molecule has 1 saturated heterocycles. The molecule has 0 bridgehead atoms. The molecule has 5 nitrogen and oxygen atoms in total. The Kier molecular flexibility index (Phi) is 6.70. The average Bonchev–Trinajstić information content (AvgIpc) is 3.08. The number of piperidine rings is 1. The van der Waals surface area contributed by atoms with E-state index >= 15 is 0 Å². The van der Waals surface area contributed by atoms with Gasteiger partial charge in [0, 0.05) is 39.0 Å². The maximum atomic E-state index is 5.19. The summed E-state index contributed by atoms with van der Waals surface area (Å²) in [5.41, 5.74) is 2.75. The maximum absolute atomic E-state index is 5.19. The number of para-hydroxylation sites is 1. The van der Waals surface area contributed by atoms with E-state index in [0.29, 0.717) is 5.92 Å². The van der Waals surface area contributed by atoms with E-state index < -0.39 is 0 Å². The standard InChI is InChI=1S/C20H32N4O/c1-3-21-20(24-13-10-18-6-4-5-7-19(18)24)22-16-17-8-11-23(12-9-17)14-15-25-2/h4-7,17H,3,8-16H2,1-2H3,(H,21,22). The third kappa shape index (κ3) is 4.73. The average molecular weight is 345 g/mol.